The number of aryl methyl sites for hydroxylation is 2. The Balaban J connectivity index is 1.75. The largest absolute Gasteiger partial charge is 0.339 e. The molecule has 0 bridgehead atoms. The number of hydrogen-bond donors (Lipinski definition) is 0. The van der Waals surface area contributed by atoms with Gasteiger partial charge in [-0.15, -0.1) is 0 Å². The van der Waals surface area contributed by atoms with Gasteiger partial charge in [-0.1, -0.05) is 42.3 Å². The summed E-state index contributed by atoms with van der Waals surface area (Å²) in [5.74, 6) is -0.0170. The van der Waals surface area contributed by atoms with E-state index in [1.165, 1.54) is 4.31 Å². The Bertz CT molecular complexity index is 1040. The van der Waals surface area contributed by atoms with Gasteiger partial charge in [0.1, 0.15) is 0 Å². The first-order chi connectivity index (χ1) is 15.2. The summed E-state index contributed by atoms with van der Waals surface area (Å²) in [6.07, 6.45) is 0.525. The molecule has 1 fully saturated rings. The van der Waals surface area contributed by atoms with Crippen LogP contribution >= 0.6 is 0 Å². The van der Waals surface area contributed by atoms with E-state index >= 15 is 0 Å². The van der Waals surface area contributed by atoms with Gasteiger partial charge in [-0.2, -0.15) is 0 Å². The second kappa shape index (κ2) is 10.2. The van der Waals surface area contributed by atoms with Crippen molar-refractivity contribution in [2.75, 3.05) is 37.0 Å². The minimum Gasteiger partial charge on any atom is -0.339 e. The lowest BCUT2D eigenvalue weighted by molar-refractivity contribution is -0.139. The van der Waals surface area contributed by atoms with Gasteiger partial charge in [-0.25, -0.2) is 8.42 Å². The highest BCUT2D eigenvalue weighted by molar-refractivity contribution is 7.92. The molecule has 8 heteroatoms. The van der Waals surface area contributed by atoms with Crippen molar-refractivity contribution in [2.24, 2.45) is 0 Å². The molecule has 1 aliphatic heterocycles. The number of anilines is 1. The fraction of sp³-hybridized carbons (Fsp3) is 0.417. The topological polar surface area (TPSA) is 78.0 Å². The van der Waals surface area contributed by atoms with Crippen LogP contribution in [0.4, 0.5) is 5.69 Å². The number of sulfonamides is 1. The number of hydrogen-bond acceptors (Lipinski definition) is 4. The molecule has 0 N–H and O–H groups in total. The van der Waals surface area contributed by atoms with E-state index in [0.29, 0.717) is 38.3 Å². The third-order valence-corrected chi connectivity index (χ3v) is 7.59. The highest BCUT2D eigenvalue weighted by Crippen LogP contribution is 2.25. The summed E-state index contributed by atoms with van der Waals surface area (Å²) in [7, 11) is -3.82. The number of carbonyl (C=O) groups excluding carboxylic acids is 2. The van der Waals surface area contributed by atoms with Gasteiger partial charge in [0, 0.05) is 45.6 Å². The second-order valence-corrected chi connectivity index (χ2v) is 9.95. The Kier molecular flexibility index (Phi) is 7.56. The molecule has 1 saturated heterocycles. The standard InChI is InChI=1S/C24H31N3O4S/c1-4-23(28)25-15-17-26(18-16-25)24(29)13-14-27(21-9-5-19(2)6-10-21)32(30,31)22-11-7-20(3)8-12-22/h5-12H,4,13-18H2,1-3H3. The van der Waals surface area contributed by atoms with Gasteiger partial charge in [0.2, 0.25) is 11.8 Å². The van der Waals surface area contributed by atoms with Gasteiger partial charge in [0.15, 0.2) is 0 Å². The van der Waals surface area contributed by atoms with Crippen molar-refractivity contribution in [2.45, 2.75) is 38.5 Å². The van der Waals surface area contributed by atoms with Crippen LogP contribution in [0.25, 0.3) is 0 Å². The summed E-state index contributed by atoms with van der Waals surface area (Å²) in [6.45, 7) is 7.69. The molecule has 2 aromatic carbocycles. The van der Waals surface area contributed by atoms with Gasteiger partial charge < -0.3 is 9.80 Å². The predicted octanol–water partition coefficient (Wildman–Crippen LogP) is 2.97. The number of carbonyl (C=O) groups is 2. The van der Waals surface area contributed by atoms with Crippen LogP contribution in [-0.2, 0) is 19.6 Å². The first kappa shape index (κ1) is 23.8. The molecular weight excluding hydrogens is 426 g/mol. The summed E-state index contributed by atoms with van der Waals surface area (Å²) >= 11 is 0. The third-order valence-electron chi connectivity index (χ3n) is 5.75. The molecule has 1 aliphatic rings. The lowest BCUT2D eigenvalue weighted by Gasteiger charge is -2.35. The summed E-state index contributed by atoms with van der Waals surface area (Å²) in [4.78, 5) is 28.4. The van der Waals surface area contributed by atoms with Crippen LogP contribution in [0.15, 0.2) is 53.4 Å². The quantitative estimate of drug-likeness (QED) is 0.640. The van der Waals surface area contributed by atoms with E-state index < -0.39 is 10.0 Å². The van der Waals surface area contributed by atoms with Crippen LogP contribution in [0.2, 0.25) is 0 Å². The zero-order valence-electron chi connectivity index (χ0n) is 19.0. The molecule has 0 radical (unpaired) electrons. The number of nitrogens with zero attached hydrogens (tertiary/aromatic N) is 3. The highest BCUT2D eigenvalue weighted by Gasteiger charge is 2.28. The fourth-order valence-corrected chi connectivity index (χ4v) is 5.19. The van der Waals surface area contributed by atoms with E-state index in [4.69, 9.17) is 0 Å². The van der Waals surface area contributed by atoms with Crippen LogP contribution < -0.4 is 4.31 Å². The van der Waals surface area contributed by atoms with E-state index in [9.17, 15) is 18.0 Å². The smallest absolute Gasteiger partial charge is 0.264 e. The number of rotatable bonds is 7. The molecular formula is C24H31N3O4S. The van der Waals surface area contributed by atoms with Crippen molar-refractivity contribution in [1.29, 1.82) is 0 Å². The normalized spacial score (nSPS) is 14.3. The Labute approximate surface area is 190 Å². The second-order valence-electron chi connectivity index (χ2n) is 8.09. The van der Waals surface area contributed by atoms with Gasteiger partial charge >= 0.3 is 0 Å². The monoisotopic (exact) mass is 457 g/mol. The molecule has 0 atom stereocenters. The summed E-state index contributed by atoms with van der Waals surface area (Å²) < 4.78 is 28.2. The average molecular weight is 458 g/mol. The fourth-order valence-electron chi connectivity index (χ4n) is 3.72. The molecule has 0 aliphatic carbocycles. The Morgan fingerprint density at radius 3 is 1.78 bits per heavy atom. The van der Waals surface area contributed by atoms with Gasteiger partial charge in [-0.3, -0.25) is 13.9 Å². The maximum absolute atomic E-state index is 13.4. The molecule has 2 aromatic rings. The van der Waals surface area contributed by atoms with Crippen LogP contribution in [0.5, 0.6) is 0 Å². The van der Waals surface area contributed by atoms with Crippen molar-refractivity contribution in [3.63, 3.8) is 0 Å². The van der Waals surface area contributed by atoms with E-state index in [2.05, 4.69) is 0 Å². The van der Waals surface area contributed by atoms with Crippen LogP contribution in [-0.4, -0.2) is 62.8 Å². The third kappa shape index (κ3) is 5.48. The number of piperazine rings is 1. The van der Waals surface area contributed by atoms with E-state index in [-0.39, 0.29) is 29.7 Å². The van der Waals surface area contributed by atoms with Gasteiger partial charge in [0.25, 0.3) is 10.0 Å². The highest BCUT2D eigenvalue weighted by atomic mass is 32.2. The zero-order chi connectivity index (χ0) is 23.3. The SMILES string of the molecule is CCC(=O)N1CCN(C(=O)CCN(c2ccc(C)cc2)S(=O)(=O)c2ccc(C)cc2)CC1. The molecule has 7 nitrogen and oxygen atoms in total. The first-order valence-electron chi connectivity index (χ1n) is 10.9. The number of amides is 2. The van der Waals surface area contributed by atoms with Crippen molar-refractivity contribution in [3.8, 4) is 0 Å². The molecule has 2 amide bonds. The zero-order valence-corrected chi connectivity index (χ0v) is 19.8. The van der Waals surface area contributed by atoms with E-state index in [1.807, 2.05) is 32.9 Å². The Morgan fingerprint density at radius 2 is 1.28 bits per heavy atom. The molecule has 3 rings (SSSR count). The molecule has 32 heavy (non-hydrogen) atoms. The van der Waals surface area contributed by atoms with Crippen molar-refractivity contribution >= 4 is 27.5 Å². The van der Waals surface area contributed by atoms with Crippen LogP contribution in [0.1, 0.15) is 30.9 Å². The lowest BCUT2D eigenvalue weighted by Crippen LogP contribution is -2.51. The van der Waals surface area contributed by atoms with E-state index in [1.54, 1.807) is 46.2 Å². The Hall–Kier alpha value is -2.87. The number of benzene rings is 2. The average Bonchev–Trinajstić information content (AvgIpc) is 2.80. The van der Waals surface area contributed by atoms with Crippen molar-refractivity contribution in [1.82, 2.24) is 9.80 Å². The van der Waals surface area contributed by atoms with Crippen molar-refractivity contribution < 1.29 is 18.0 Å². The summed E-state index contributed by atoms with van der Waals surface area (Å²) in [6, 6.07) is 14.0. The molecule has 0 saturated carbocycles. The molecule has 0 unspecified atom stereocenters. The molecule has 0 aromatic heterocycles. The van der Waals surface area contributed by atoms with Gasteiger partial charge in [-0.05, 0) is 38.1 Å². The minimum atomic E-state index is -3.82. The van der Waals surface area contributed by atoms with Crippen LogP contribution in [0.3, 0.4) is 0 Å². The minimum absolute atomic E-state index is 0.0478. The van der Waals surface area contributed by atoms with Gasteiger partial charge in [0.05, 0.1) is 10.6 Å². The van der Waals surface area contributed by atoms with Crippen LogP contribution in [0, 0.1) is 13.8 Å². The molecule has 172 valence electrons. The molecule has 1 heterocycles. The first-order valence-corrected chi connectivity index (χ1v) is 12.4. The predicted molar refractivity (Wildman–Crippen MR) is 125 cm³/mol. The molecule has 0 spiro atoms. The summed E-state index contributed by atoms with van der Waals surface area (Å²) in [5.41, 5.74) is 2.53. The lowest BCUT2D eigenvalue weighted by atomic mass is 10.2. The summed E-state index contributed by atoms with van der Waals surface area (Å²) in [5, 5.41) is 0. The maximum atomic E-state index is 13.4. The van der Waals surface area contributed by atoms with Crippen molar-refractivity contribution in [3.05, 3.63) is 59.7 Å². The Morgan fingerprint density at radius 1 is 0.812 bits per heavy atom. The van der Waals surface area contributed by atoms with E-state index in [0.717, 1.165) is 11.1 Å². The maximum Gasteiger partial charge on any atom is 0.264 e.